The van der Waals surface area contributed by atoms with Crippen molar-refractivity contribution in [2.24, 2.45) is 5.92 Å². The summed E-state index contributed by atoms with van der Waals surface area (Å²) in [5, 5.41) is 12.0. The maximum atomic E-state index is 13.0. The molecule has 1 atom stereocenters. The van der Waals surface area contributed by atoms with Gasteiger partial charge in [-0.3, -0.25) is 9.59 Å². The molecule has 0 saturated carbocycles. The van der Waals surface area contributed by atoms with Crippen LogP contribution in [-0.2, 0) is 4.79 Å². The van der Waals surface area contributed by atoms with Gasteiger partial charge in [-0.15, -0.1) is 0 Å². The fourth-order valence-corrected chi connectivity index (χ4v) is 3.21. The summed E-state index contributed by atoms with van der Waals surface area (Å²) in [5.41, 5.74) is 0.521. The molecule has 0 aromatic carbocycles. The van der Waals surface area contributed by atoms with E-state index in [0.29, 0.717) is 37.6 Å². The maximum absolute atomic E-state index is 13.0. The standard InChI is InChI=1S/C20H23N5O3/c1-14(2)17(23-19(26)16-6-4-12-28-16)20(27)25-10-8-24(9-11-25)18-15(13-21)5-3-7-22-18/h3-7,12,14,17H,8-11H2,1-2H3,(H,23,26). The lowest BCUT2D eigenvalue weighted by atomic mass is 10.0. The first-order chi connectivity index (χ1) is 13.5. The normalized spacial score (nSPS) is 15.2. The van der Waals surface area contributed by atoms with Crippen molar-refractivity contribution in [3.05, 3.63) is 48.0 Å². The van der Waals surface area contributed by atoms with Crippen LogP contribution in [0.5, 0.6) is 0 Å². The lowest BCUT2D eigenvalue weighted by Crippen LogP contribution is -2.56. The molecular weight excluding hydrogens is 358 g/mol. The minimum atomic E-state index is -0.631. The zero-order valence-electron chi connectivity index (χ0n) is 16.0. The van der Waals surface area contributed by atoms with Crippen LogP contribution in [0.3, 0.4) is 0 Å². The van der Waals surface area contributed by atoms with Crippen molar-refractivity contribution in [3.8, 4) is 6.07 Å². The SMILES string of the molecule is CC(C)C(NC(=O)c1ccco1)C(=O)N1CCN(c2ncccc2C#N)CC1. The van der Waals surface area contributed by atoms with E-state index in [1.165, 1.54) is 6.26 Å². The zero-order chi connectivity index (χ0) is 20.1. The van der Waals surface area contributed by atoms with Gasteiger partial charge >= 0.3 is 0 Å². The molecule has 1 saturated heterocycles. The number of furan rings is 1. The molecule has 1 N–H and O–H groups in total. The van der Waals surface area contributed by atoms with Gasteiger partial charge in [0.2, 0.25) is 5.91 Å². The molecule has 8 nitrogen and oxygen atoms in total. The fraction of sp³-hybridized carbons (Fsp3) is 0.400. The smallest absolute Gasteiger partial charge is 0.287 e. The molecule has 146 valence electrons. The molecule has 8 heteroatoms. The number of nitriles is 1. The topological polar surface area (TPSA) is 102 Å². The average molecular weight is 381 g/mol. The number of amides is 2. The maximum Gasteiger partial charge on any atom is 0.287 e. The van der Waals surface area contributed by atoms with Gasteiger partial charge in [0.25, 0.3) is 5.91 Å². The molecule has 2 aromatic heterocycles. The predicted octanol–water partition coefficient (Wildman–Crippen LogP) is 1.65. The molecule has 1 aliphatic rings. The van der Waals surface area contributed by atoms with Crippen LogP contribution in [0.1, 0.15) is 30.0 Å². The summed E-state index contributed by atoms with van der Waals surface area (Å²) in [7, 11) is 0. The van der Waals surface area contributed by atoms with Crippen LogP contribution in [0.25, 0.3) is 0 Å². The van der Waals surface area contributed by atoms with Gasteiger partial charge < -0.3 is 19.5 Å². The van der Waals surface area contributed by atoms with Crippen LogP contribution in [0.2, 0.25) is 0 Å². The summed E-state index contributed by atoms with van der Waals surface area (Å²) >= 11 is 0. The molecule has 2 aromatic rings. The van der Waals surface area contributed by atoms with Crippen LogP contribution in [0.4, 0.5) is 5.82 Å². The van der Waals surface area contributed by atoms with Crippen LogP contribution in [0.15, 0.2) is 41.1 Å². The van der Waals surface area contributed by atoms with Crippen LogP contribution >= 0.6 is 0 Å². The third-order valence-electron chi connectivity index (χ3n) is 4.76. The Morgan fingerprint density at radius 2 is 1.96 bits per heavy atom. The van der Waals surface area contributed by atoms with Gasteiger partial charge in [0.05, 0.1) is 11.8 Å². The highest BCUT2D eigenvalue weighted by Gasteiger charge is 2.32. The zero-order valence-corrected chi connectivity index (χ0v) is 16.0. The molecule has 28 heavy (non-hydrogen) atoms. The number of hydrogen-bond acceptors (Lipinski definition) is 6. The van der Waals surface area contributed by atoms with Crippen molar-refractivity contribution in [2.45, 2.75) is 19.9 Å². The average Bonchev–Trinajstić information content (AvgIpc) is 3.26. The molecular formula is C20H23N5O3. The number of aromatic nitrogens is 1. The monoisotopic (exact) mass is 381 g/mol. The molecule has 3 heterocycles. The summed E-state index contributed by atoms with van der Waals surface area (Å²) in [4.78, 5) is 33.4. The largest absolute Gasteiger partial charge is 0.459 e. The number of rotatable bonds is 5. The molecule has 1 fully saturated rings. The van der Waals surface area contributed by atoms with Gasteiger partial charge in [-0.05, 0) is 30.2 Å². The Kier molecular flexibility index (Phi) is 5.94. The number of pyridine rings is 1. The van der Waals surface area contributed by atoms with E-state index in [2.05, 4.69) is 16.4 Å². The first kappa shape index (κ1) is 19.4. The number of piperazine rings is 1. The molecule has 0 bridgehead atoms. The summed E-state index contributed by atoms with van der Waals surface area (Å²) in [6, 6.07) is 8.19. The van der Waals surface area contributed by atoms with Crippen molar-refractivity contribution in [2.75, 3.05) is 31.1 Å². The van der Waals surface area contributed by atoms with E-state index in [9.17, 15) is 14.9 Å². The molecule has 1 unspecified atom stereocenters. The number of hydrogen-bond donors (Lipinski definition) is 1. The van der Waals surface area contributed by atoms with Crippen molar-refractivity contribution in [3.63, 3.8) is 0 Å². The van der Waals surface area contributed by atoms with E-state index in [1.807, 2.05) is 18.7 Å². The summed E-state index contributed by atoms with van der Waals surface area (Å²) < 4.78 is 5.11. The molecule has 0 aliphatic carbocycles. The number of carbonyl (C=O) groups excluding carboxylic acids is 2. The molecule has 2 amide bonds. The predicted molar refractivity (Wildman–Crippen MR) is 103 cm³/mol. The number of nitrogens with zero attached hydrogens (tertiary/aromatic N) is 4. The highest BCUT2D eigenvalue weighted by Crippen LogP contribution is 2.19. The summed E-state index contributed by atoms with van der Waals surface area (Å²) in [6.45, 7) is 5.95. The number of anilines is 1. The minimum absolute atomic E-state index is 0.0644. The lowest BCUT2D eigenvalue weighted by molar-refractivity contribution is -0.134. The van der Waals surface area contributed by atoms with E-state index in [0.717, 1.165) is 0 Å². The molecule has 0 radical (unpaired) electrons. The molecule has 0 spiro atoms. The van der Waals surface area contributed by atoms with Crippen molar-refractivity contribution >= 4 is 17.6 Å². The Labute approximate surface area is 163 Å². The number of nitrogens with one attached hydrogen (secondary N) is 1. The second kappa shape index (κ2) is 8.57. The Morgan fingerprint density at radius 1 is 1.21 bits per heavy atom. The van der Waals surface area contributed by atoms with Crippen molar-refractivity contribution < 1.29 is 14.0 Å². The van der Waals surface area contributed by atoms with Gasteiger partial charge in [0.15, 0.2) is 5.76 Å². The van der Waals surface area contributed by atoms with Crippen LogP contribution < -0.4 is 10.2 Å². The third-order valence-corrected chi connectivity index (χ3v) is 4.76. The Balaban J connectivity index is 1.64. The van der Waals surface area contributed by atoms with Gasteiger partial charge in [-0.2, -0.15) is 5.26 Å². The van der Waals surface area contributed by atoms with Crippen LogP contribution in [0, 0.1) is 17.2 Å². The van der Waals surface area contributed by atoms with E-state index in [4.69, 9.17) is 4.42 Å². The summed E-state index contributed by atoms with van der Waals surface area (Å²) in [5.74, 6) is 0.246. The second-order valence-electron chi connectivity index (χ2n) is 6.97. The van der Waals surface area contributed by atoms with Crippen LogP contribution in [-0.4, -0.2) is 53.9 Å². The summed E-state index contributed by atoms with van der Waals surface area (Å²) in [6.07, 6.45) is 3.08. The highest BCUT2D eigenvalue weighted by molar-refractivity contribution is 5.95. The molecule has 1 aliphatic heterocycles. The van der Waals surface area contributed by atoms with E-state index < -0.39 is 11.9 Å². The van der Waals surface area contributed by atoms with Crippen molar-refractivity contribution in [1.82, 2.24) is 15.2 Å². The van der Waals surface area contributed by atoms with Crippen molar-refractivity contribution in [1.29, 1.82) is 5.26 Å². The molecule has 3 rings (SSSR count). The first-order valence-electron chi connectivity index (χ1n) is 9.24. The van der Waals surface area contributed by atoms with Gasteiger partial charge in [-0.1, -0.05) is 13.8 Å². The van der Waals surface area contributed by atoms with E-state index in [1.54, 1.807) is 35.4 Å². The quantitative estimate of drug-likeness (QED) is 0.845. The van der Waals surface area contributed by atoms with E-state index >= 15 is 0 Å². The minimum Gasteiger partial charge on any atom is -0.459 e. The van der Waals surface area contributed by atoms with Gasteiger partial charge in [0.1, 0.15) is 17.9 Å². The third kappa shape index (κ3) is 4.14. The highest BCUT2D eigenvalue weighted by atomic mass is 16.3. The fourth-order valence-electron chi connectivity index (χ4n) is 3.21. The first-order valence-corrected chi connectivity index (χ1v) is 9.24. The lowest BCUT2D eigenvalue weighted by Gasteiger charge is -2.37. The number of carbonyl (C=O) groups is 2. The second-order valence-corrected chi connectivity index (χ2v) is 6.97. The van der Waals surface area contributed by atoms with E-state index in [-0.39, 0.29) is 17.6 Å². The van der Waals surface area contributed by atoms with Gasteiger partial charge in [0, 0.05) is 32.4 Å². The Bertz CT molecular complexity index is 864. The van der Waals surface area contributed by atoms with Gasteiger partial charge in [-0.25, -0.2) is 4.98 Å². The Morgan fingerprint density at radius 3 is 2.57 bits per heavy atom. The Hall–Kier alpha value is -3.34.